The van der Waals surface area contributed by atoms with Gasteiger partial charge in [-0.05, 0) is 19.4 Å². The predicted molar refractivity (Wildman–Crippen MR) is 64.7 cm³/mol. The highest BCUT2D eigenvalue weighted by molar-refractivity contribution is 5.77. The molecule has 1 amide bonds. The molecule has 1 unspecified atom stereocenters. The van der Waals surface area contributed by atoms with Gasteiger partial charge in [0, 0.05) is 19.3 Å². The molecule has 2 N–H and O–H groups in total. The summed E-state index contributed by atoms with van der Waals surface area (Å²) in [6.45, 7) is 2.99. The van der Waals surface area contributed by atoms with Gasteiger partial charge in [-0.25, -0.2) is 0 Å². The number of piperidine rings is 1. The molecule has 1 saturated heterocycles. The molecule has 2 rings (SSSR count). The molecule has 0 aromatic carbocycles. The summed E-state index contributed by atoms with van der Waals surface area (Å²) in [5.41, 5.74) is 0. The second kappa shape index (κ2) is 6.46. The molecular weight excluding hydrogens is 234 g/mol. The largest absolute Gasteiger partial charge is 0.392 e. The summed E-state index contributed by atoms with van der Waals surface area (Å²) in [6.07, 6.45) is 4.86. The van der Waals surface area contributed by atoms with Gasteiger partial charge < -0.3 is 10.4 Å². The van der Waals surface area contributed by atoms with Crippen molar-refractivity contribution in [1.82, 2.24) is 25.2 Å². The van der Waals surface area contributed by atoms with Gasteiger partial charge in [-0.2, -0.15) is 0 Å². The second-order valence-corrected chi connectivity index (χ2v) is 4.55. The molecule has 18 heavy (non-hydrogen) atoms. The molecule has 7 nitrogen and oxygen atoms in total. The van der Waals surface area contributed by atoms with E-state index in [4.69, 9.17) is 0 Å². The van der Waals surface area contributed by atoms with Crippen molar-refractivity contribution in [2.24, 2.45) is 0 Å². The zero-order valence-electron chi connectivity index (χ0n) is 10.3. The minimum Gasteiger partial charge on any atom is -0.392 e. The van der Waals surface area contributed by atoms with Gasteiger partial charge in [0.15, 0.2) is 0 Å². The first-order valence-corrected chi connectivity index (χ1v) is 6.25. The van der Waals surface area contributed by atoms with Crippen molar-refractivity contribution in [3.8, 4) is 0 Å². The third-order valence-corrected chi connectivity index (χ3v) is 2.98. The Bertz CT molecular complexity index is 368. The number of carbonyl (C=O) groups excluding carboxylic acids is 1. The fourth-order valence-corrected chi connectivity index (χ4v) is 2.10. The van der Waals surface area contributed by atoms with Gasteiger partial charge in [0.1, 0.15) is 0 Å². The maximum absolute atomic E-state index is 11.7. The van der Waals surface area contributed by atoms with E-state index in [1.54, 1.807) is 17.1 Å². The van der Waals surface area contributed by atoms with Crippen LogP contribution >= 0.6 is 0 Å². The molecule has 100 valence electrons. The van der Waals surface area contributed by atoms with Gasteiger partial charge in [0.25, 0.3) is 0 Å². The number of nitrogens with one attached hydrogen (secondary N) is 1. The van der Waals surface area contributed by atoms with Crippen LogP contribution in [-0.4, -0.2) is 63.2 Å². The Morgan fingerprint density at radius 1 is 1.56 bits per heavy atom. The monoisotopic (exact) mass is 253 g/mol. The number of rotatable bonds is 5. The summed E-state index contributed by atoms with van der Waals surface area (Å²) in [6, 6.07) is 0. The number of likely N-dealkylation sites (tertiary alicyclic amines) is 1. The third-order valence-electron chi connectivity index (χ3n) is 2.98. The smallest absolute Gasteiger partial charge is 0.234 e. The fraction of sp³-hybridized carbons (Fsp3) is 0.727. The zero-order valence-corrected chi connectivity index (χ0v) is 10.3. The van der Waals surface area contributed by atoms with E-state index in [-0.39, 0.29) is 12.0 Å². The standard InChI is InChI=1S/C11H19N5O2/c17-10-2-1-5-15(8-10)9-11(18)12-3-6-16-7-4-13-14-16/h4,7,10,17H,1-3,5-6,8-9H2,(H,12,18). The molecule has 1 aromatic heterocycles. The number of β-amino-alcohol motifs (C(OH)–C–C–N with tert-alkyl or cyclic N) is 1. The second-order valence-electron chi connectivity index (χ2n) is 4.55. The molecular formula is C11H19N5O2. The summed E-state index contributed by atoms with van der Waals surface area (Å²) < 4.78 is 1.67. The van der Waals surface area contributed by atoms with E-state index in [0.29, 0.717) is 26.2 Å². The van der Waals surface area contributed by atoms with Gasteiger partial charge in [0.2, 0.25) is 5.91 Å². The lowest BCUT2D eigenvalue weighted by molar-refractivity contribution is -0.122. The van der Waals surface area contributed by atoms with Crippen molar-refractivity contribution in [3.63, 3.8) is 0 Å². The van der Waals surface area contributed by atoms with Crippen molar-refractivity contribution in [2.75, 3.05) is 26.2 Å². The molecule has 0 spiro atoms. The molecule has 1 fully saturated rings. The number of aromatic nitrogens is 3. The SMILES string of the molecule is O=C(CN1CCCC(O)C1)NCCn1ccnn1. The average Bonchev–Trinajstić information content (AvgIpc) is 2.82. The van der Waals surface area contributed by atoms with Gasteiger partial charge in [-0.3, -0.25) is 14.4 Å². The van der Waals surface area contributed by atoms with Crippen LogP contribution in [0.1, 0.15) is 12.8 Å². The van der Waals surface area contributed by atoms with Crippen molar-refractivity contribution in [2.45, 2.75) is 25.5 Å². The van der Waals surface area contributed by atoms with Crippen LogP contribution in [0.15, 0.2) is 12.4 Å². The van der Waals surface area contributed by atoms with E-state index in [1.807, 2.05) is 4.90 Å². The minimum atomic E-state index is -0.290. The Labute approximate surface area is 106 Å². The minimum absolute atomic E-state index is 0.00999. The fourth-order valence-electron chi connectivity index (χ4n) is 2.10. The number of hydrogen-bond acceptors (Lipinski definition) is 5. The maximum Gasteiger partial charge on any atom is 0.234 e. The van der Waals surface area contributed by atoms with Gasteiger partial charge in [-0.15, -0.1) is 5.10 Å². The average molecular weight is 253 g/mol. The number of aliphatic hydroxyl groups excluding tert-OH is 1. The van der Waals surface area contributed by atoms with E-state index in [2.05, 4.69) is 15.6 Å². The van der Waals surface area contributed by atoms with Gasteiger partial charge in [-0.1, -0.05) is 5.21 Å². The summed E-state index contributed by atoms with van der Waals surface area (Å²) >= 11 is 0. The summed E-state index contributed by atoms with van der Waals surface area (Å²) in [5, 5.41) is 19.8. The molecule has 0 saturated carbocycles. The first kappa shape index (κ1) is 13.0. The molecule has 2 heterocycles. The predicted octanol–water partition coefficient (Wildman–Crippen LogP) is -1.15. The van der Waals surface area contributed by atoms with Crippen molar-refractivity contribution >= 4 is 5.91 Å². The van der Waals surface area contributed by atoms with E-state index < -0.39 is 0 Å². The van der Waals surface area contributed by atoms with Crippen LogP contribution in [-0.2, 0) is 11.3 Å². The van der Waals surface area contributed by atoms with Crippen LogP contribution < -0.4 is 5.32 Å². The first-order valence-electron chi connectivity index (χ1n) is 6.25. The Morgan fingerprint density at radius 3 is 3.17 bits per heavy atom. The molecule has 1 atom stereocenters. The normalized spacial score (nSPS) is 20.8. The summed E-state index contributed by atoms with van der Waals surface area (Å²) in [7, 11) is 0. The number of aliphatic hydroxyl groups is 1. The number of nitrogens with zero attached hydrogens (tertiary/aromatic N) is 4. The van der Waals surface area contributed by atoms with E-state index in [0.717, 1.165) is 19.4 Å². The number of hydrogen-bond donors (Lipinski definition) is 2. The van der Waals surface area contributed by atoms with E-state index in [9.17, 15) is 9.90 Å². The summed E-state index contributed by atoms with van der Waals surface area (Å²) in [5.74, 6) is -0.00999. The zero-order chi connectivity index (χ0) is 12.8. The molecule has 7 heteroatoms. The van der Waals surface area contributed by atoms with Crippen LogP contribution in [0.25, 0.3) is 0 Å². The van der Waals surface area contributed by atoms with Crippen LogP contribution in [0.4, 0.5) is 0 Å². The van der Waals surface area contributed by atoms with Crippen molar-refractivity contribution in [1.29, 1.82) is 0 Å². The number of amides is 1. The Balaban J connectivity index is 1.62. The van der Waals surface area contributed by atoms with Gasteiger partial charge in [0.05, 0.1) is 25.4 Å². The molecule has 0 radical (unpaired) electrons. The first-order chi connectivity index (χ1) is 8.74. The van der Waals surface area contributed by atoms with Crippen LogP contribution in [0.2, 0.25) is 0 Å². The topological polar surface area (TPSA) is 83.3 Å². The van der Waals surface area contributed by atoms with Gasteiger partial charge >= 0.3 is 0 Å². The highest BCUT2D eigenvalue weighted by atomic mass is 16.3. The quantitative estimate of drug-likeness (QED) is 0.692. The Morgan fingerprint density at radius 2 is 2.44 bits per heavy atom. The highest BCUT2D eigenvalue weighted by Crippen LogP contribution is 2.08. The Kier molecular flexibility index (Phi) is 4.66. The van der Waals surface area contributed by atoms with E-state index in [1.165, 1.54) is 0 Å². The van der Waals surface area contributed by atoms with Crippen LogP contribution in [0.3, 0.4) is 0 Å². The molecule has 1 aliphatic heterocycles. The third kappa shape index (κ3) is 4.08. The Hall–Kier alpha value is -1.47. The molecule has 0 aliphatic carbocycles. The highest BCUT2D eigenvalue weighted by Gasteiger charge is 2.19. The van der Waals surface area contributed by atoms with Crippen molar-refractivity contribution < 1.29 is 9.90 Å². The maximum atomic E-state index is 11.7. The molecule has 0 bridgehead atoms. The molecule has 1 aliphatic rings. The lowest BCUT2D eigenvalue weighted by atomic mass is 10.1. The summed E-state index contributed by atoms with van der Waals surface area (Å²) in [4.78, 5) is 13.7. The van der Waals surface area contributed by atoms with E-state index >= 15 is 0 Å². The lowest BCUT2D eigenvalue weighted by Gasteiger charge is -2.29. The lowest BCUT2D eigenvalue weighted by Crippen LogP contribution is -2.44. The number of carbonyl (C=O) groups is 1. The van der Waals surface area contributed by atoms with Crippen LogP contribution in [0, 0.1) is 0 Å². The molecule has 1 aromatic rings. The van der Waals surface area contributed by atoms with Crippen LogP contribution in [0.5, 0.6) is 0 Å². The van der Waals surface area contributed by atoms with Crippen molar-refractivity contribution in [3.05, 3.63) is 12.4 Å².